The number of nitrogens with zero attached hydrogens (tertiary/aromatic N) is 1. The minimum atomic E-state index is -0.607. The fraction of sp³-hybridized carbons (Fsp3) is 0.429. The predicted octanol–water partition coefficient (Wildman–Crippen LogP) is 0.910. The van der Waals surface area contributed by atoms with Crippen LogP contribution in [-0.4, -0.2) is 43.3 Å². The fourth-order valence-corrected chi connectivity index (χ4v) is 1.72. The first kappa shape index (κ1) is 14.5. The third-order valence-corrected chi connectivity index (χ3v) is 2.73. The molecule has 0 aliphatic carbocycles. The lowest BCUT2D eigenvalue weighted by Gasteiger charge is -2.24. The van der Waals surface area contributed by atoms with Crippen molar-refractivity contribution >= 4 is 11.9 Å². The molecule has 1 fully saturated rings. The first-order valence-corrected chi connectivity index (χ1v) is 6.47. The Balaban J connectivity index is 1.67. The summed E-state index contributed by atoms with van der Waals surface area (Å²) in [7, 11) is 0. The third-order valence-electron chi connectivity index (χ3n) is 2.73. The van der Waals surface area contributed by atoms with Gasteiger partial charge in [0, 0.05) is 0 Å². The summed E-state index contributed by atoms with van der Waals surface area (Å²) in [6.45, 7) is 2.23. The summed E-state index contributed by atoms with van der Waals surface area (Å²) in [5, 5.41) is 1.50. The van der Waals surface area contributed by atoms with Crippen LogP contribution in [0.2, 0.25) is 0 Å². The first-order chi connectivity index (χ1) is 9.74. The van der Waals surface area contributed by atoms with Crippen molar-refractivity contribution in [3.05, 3.63) is 35.9 Å². The summed E-state index contributed by atoms with van der Waals surface area (Å²) in [6, 6.07) is 9.29. The largest absolute Gasteiger partial charge is 0.460 e. The van der Waals surface area contributed by atoms with Crippen LogP contribution < -0.4 is 0 Å². The molecule has 1 heterocycles. The van der Waals surface area contributed by atoms with Gasteiger partial charge in [0.1, 0.15) is 13.0 Å². The quantitative estimate of drug-likeness (QED) is 0.589. The molecule has 0 spiro atoms. The molecule has 1 aromatic carbocycles. The summed E-state index contributed by atoms with van der Waals surface area (Å²) in [5.74, 6) is -1.20. The smallest absolute Gasteiger partial charge is 0.336 e. The molecule has 0 atom stereocenters. The summed E-state index contributed by atoms with van der Waals surface area (Å²) in [5.41, 5.74) is 0.877. The van der Waals surface area contributed by atoms with Crippen LogP contribution in [0.3, 0.4) is 0 Å². The number of benzene rings is 1. The predicted molar refractivity (Wildman–Crippen MR) is 69.3 cm³/mol. The zero-order chi connectivity index (χ0) is 14.2. The number of hydroxylamine groups is 2. The lowest BCUT2D eigenvalue weighted by Crippen LogP contribution is -2.38. The van der Waals surface area contributed by atoms with Gasteiger partial charge in [0.05, 0.1) is 26.3 Å². The van der Waals surface area contributed by atoms with Gasteiger partial charge in [0.25, 0.3) is 0 Å². The highest BCUT2D eigenvalue weighted by Crippen LogP contribution is 2.04. The van der Waals surface area contributed by atoms with Crippen LogP contribution in [-0.2, 0) is 30.5 Å². The number of ether oxygens (including phenoxy) is 2. The van der Waals surface area contributed by atoms with Gasteiger partial charge in [-0.25, -0.2) is 4.79 Å². The Labute approximate surface area is 117 Å². The number of morpholine rings is 1. The van der Waals surface area contributed by atoms with Gasteiger partial charge >= 0.3 is 11.9 Å². The van der Waals surface area contributed by atoms with Crippen LogP contribution in [0, 0.1) is 0 Å². The van der Waals surface area contributed by atoms with Gasteiger partial charge in [0.2, 0.25) is 0 Å². The van der Waals surface area contributed by atoms with E-state index in [4.69, 9.17) is 14.3 Å². The van der Waals surface area contributed by atoms with Gasteiger partial charge < -0.3 is 14.3 Å². The maximum atomic E-state index is 11.5. The van der Waals surface area contributed by atoms with Gasteiger partial charge in [-0.2, -0.15) is 0 Å². The molecule has 0 radical (unpaired) electrons. The van der Waals surface area contributed by atoms with E-state index in [-0.39, 0.29) is 13.0 Å². The molecule has 0 N–H and O–H groups in total. The van der Waals surface area contributed by atoms with Crippen molar-refractivity contribution in [2.75, 3.05) is 26.3 Å². The van der Waals surface area contributed by atoms with Gasteiger partial charge in [-0.05, 0) is 5.56 Å². The van der Waals surface area contributed by atoms with E-state index in [1.54, 1.807) is 0 Å². The van der Waals surface area contributed by atoms with Crippen LogP contribution in [0.1, 0.15) is 12.0 Å². The summed E-state index contributed by atoms with van der Waals surface area (Å²) < 4.78 is 10.1. The van der Waals surface area contributed by atoms with E-state index >= 15 is 0 Å². The van der Waals surface area contributed by atoms with Crippen molar-refractivity contribution in [1.29, 1.82) is 0 Å². The molecule has 108 valence electrons. The summed E-state index contributed by atoms with van der Waals surface area (Å²) in [4.78, 5) is 28.1. The Morgan fingerprint density at radius 2 is 1.80 bits per heavy atom. The molecule has 1 saturated heterocycles. The second-order valence-corrected chi connectivity index (χ2v) is 4.33. The molecule has 0 saturated carbocycles. The van der Waals surface area contributed by atoms with Gasteiger partial charge in [0.15, 0.2) is 0 Å². The highest BCUT2D eigenvalue weighted by molar-refractivity contribution is 5.91. The number of carbonyl (C=O) groups is 2. The molecule has 0 aromatic heterocycles. The highest BCUT2D eigenvalue weighted by atomic mass is 16.7. The van der Waals surface area contributed by atoms with Crippen LogP contribution in [0.5, 0.6) is 0 Å². The van der Waals surface area contributed by atoms with Crippen LogP contribution in [0.25, 0.3) is 0 Å². The molecular formula is C14H17NO5. The Morgan fingerprint density at radius 1 is 1.10 bits per heavy atom. The van der Waals surface area contributed by atoms with E-state index in [1.807, 2.05) is 30.3 Å². The standard InChI is InChI=1S/C14H17NO5/c16-13(19-11-12-4-2-1-3-5-12)10-14(17)20-15-6-8-18-9-7-15/h1-5H,6-11H2. The Hall–Kier alpha value is -1.92. The second kappa shape index (κ2) is 7.62. The van der Waals surface area contributed by atoms with Crippen molar-refractivity contribution in [3.63, 3.8) is 0 Å². The maximum absolute atomic E-state index is 11.5. The fourth-order valence-electron chi connectivity index (χ4n) is 1.72. The van der Waals surface area contributed by atoms with Crippen LogP contribution in [0.15, 0.2) is 30.3 Å². The summed E-state index contributed by atoms with van der Waals surface area (Å²) >= 11 is 0. The Bertz CT molecular complexity index is 442. The van der Waals surface area contributed by atoms with E-state index in [0.717, 1.165) is 5.56 Å². The zero-order valence-electron chi connectivity index (χ0n) is 11.1. The maximum Gasteiger partial charge on any atom is 0.336 e. The lowest BCUT2D eigenvalue weighted by molar-refractivity contribution is -0.206. The molecule has 20 heavy (non-hydrogen) atoms. The molecular weight excluding hydrogens is 262 g/mol. The molecule has 6 nitrogen and oxygen atoms in total. The van der Waals surface area contributed by atoms with E-state index in [2.05, 4.69) is 0 Å². The molecule has 1 aliphatic rings. The normalized spacial score (nSPS) is 15.6. The lowest BCUT2D eigenvalue weighted by atomic mass is 10.2. The number of hydrogen-bond donors (Lipinski definition) is 0. The minimum absolute atomic E-state index is 0.157. The van der Waals surface area contributed by atoms with Crippen molar-refractivity contribution in [1.82, 2.24) is 5.06 Å². The average Bonchev–Trinajstić information content (AvgIpc) is 2.47. The molecule has 2 rings (SSSR count). The SMILES string of the molecule is O=C(CC(=O)ON1CCOCC1)OCc1ccccc1. The molecule has 0 unspecified atom stereocenters. The molecule has 1 aliphatic heterocycles. The average molecular weight is 279 g/mol. The molecule has 0 amide bonds. The van der Waals surface area contributed by atoms with Crippen molar-refractivity contribution in [3.8, 4) is 0 Å². The van der Waals surface area contributed by atoms with E-state index in [9.17, 15) is 9.59 Å². The van der Waals surface area contributed by atoms with Gasteiger partial charge in [-0.3, -0.25) is 4.79 Å². The van der Waals surface area contributed by atoms with Crippen molar-refractivity contribution in [2.45, 2.75) is 13.0 Å². The summed E-state index contributed by atoms with van der Waals surface area (Å²) in [6.07, 6.45) is -0.385. The number of rotatable bonds is 5. The van der Waals surface area contributed by atoms with E-state index < -0.39 is 11.9 Å². The van der Waals surface area contributed by atoms with E-state index in [1.165, 1.54) is 5.06 Å². The monoisotopic (exact) mass is 279 g/mol. The third kappa shape index (κ3) is 4.99. The van der Waals surface area contributed by atoms with Gasteiger partial charge in [-0.1, -0.05) is 30.3 Å². The molecule has 0 bridgehead atoms. The van der Waals surface area contributed by atoms with Crippen LogP contribution in [0.4, 0.5) is 0 Å². The van der Waals surface area contributed by atoms with Crippen LogP contribution >= 0.6 is 0 Å². The second-order valence-electron chi connectivity index (χ2n) is 4.33. The topological polar surface area (TPSA) is 65.1 Å². The van der Waals surface area contributed by atoms with Crippen molar-refractivity contribution < 1.29 is 23.9 Å². The number of hydrogen-bond acceptors (Lipinski definition) is 6. The first-order valence-electron chi connectivity index (χ1n) is 6.47. The highest BCUT2D eigenvalue weighted by Gasteiger charge is 2.18. The number of esters is 1. The number of carbonyl (C=O) groups excluding carboxylic acids is 2. The Morgan fingerprint density at radius 3 is 2.50 bits per heavy atom. The van der Waals surface area contributed by atoms with Gasteiger partial charge in [-0.15, -0.1) is 5.06 Å². The molecule has 6 heteroatoms. The molecule has 1 aromatic rings. The van der Waals surface area contributed by atoms with E-state index in [0.29, 0.717) is 26.3 Å². The minimum Gasteiger partial charge on any atom is -0.460 e. The zero-order valence-corrected chi connectivity index (χ0v) is 11.1. The Kier molecular flexibility index (Phi) is 5.52. The van der Waals surface area contributed by atoms with Crippen molar-refractivity contribution in [2.24, 2.45) is 0 Å².